The van der Waals surface area contributed by atoms with Crippen LogP contribution in [0.2, 0.25) is 0 Å². The molecule has 1 heterocycles. The van der Waals surface area contributed by atoms with Gasteiger partial charge in [-0.25, -0.2) is 4.79 Å². The van der Waals surface area contributed by atoms with E-state index >= 15 is 0 Å². The van der Waals surface area contributed by atoms with Gasteiger partial charge >= 0.3 is 6.03 Å². The van der Waals surface area contributed by atoms with Gasteiger partial charge in [-0.15, -0.1) is 0 Å². The third kappa shape index (κ3) is 1.39. The molecular formula is C6H12N2O2. The highest BCUT2D eigenvalue weighted by atomic mass is 16.3. The summed E-state index contributed by atoms with van der Waals surface area (Å²) in [7, 11) is 0. The predicted octanol–water partition coefficient (Wildman–Crippen LogP) is -0.608. The molecule has 58 valence electrons. The van der Waals surface area contributed by atoms with Crippen LogP contribution in [0.1, 0.15) is 6.92 Å². The molecule has 1 rings (SSSR count). The van der Waals surface area contributed by atoms with Crippen LogP contribution in [0.4, 0.5) is 4.79 Å². The number of nitrogens with zero attached hydrogens (tertiary/aromatic N) is 1. The molecule has 0 aromatic heterocycles. The fraction of sp³-hybridized carbons (Fsp3) is 0.833. The number of likely N-dealkylation sites (tertiary alicyclic amines) is 1. The molecule has 0 spiro atoms. The summed E-state index contributed by atoms with van der Waals surface area (Å²) in [6.07, 6.45) is -0.303. The second-order valence-electron chi connectivity index (χ2n) is 2.39. The molecule has 0 aromatic rings. The van der Waals surface area contributed by atoms with Crippen LogP contribution >= 0.6 is 0 Å². The van der Waals surface area contributed by atoms with E-state index in [0.717, 1.165) is 0 Å². The Hall–Kier alpha value is -0.770. The second kappa shape index (κ2) is 2.88. The lowest BCUT2D eigenvalue weighted by Crippen LogP contribution is -2.56. The van der Waals surface area contributed by atoms with E-state index in [0.29, 0.717) is 19.6 Å². The van der Waals surface area contributed by atoms with E-state index in [4.69, 9.17) is 5.11 Å². The SMILES string of the molecule is CCNC(=O)N1CC(O)C1. The van der Waals surface area contributed by atoms with Gasteiger partial charge in [-0.2, -0.15) is 0 Å². The van der Waals surface area contributed by atoms with Crippen LogP contribution in [0.15, 0.2) is 0 Å². The van der Waals surface area contributed by atoms with Crippen LogP contribution in [0, 0.1) is 0 Å². The Kier molecular flexibility index (Phi) is 2.11. The maximum atomic E-state index is 10.9. The molecule has 0 saturated carbocycles. The normalized spacial score (nSPS) is 18.4. The monoisotopic (exact) mass is 144 g/mol. The molecule has 0 bridgehead atoms. The Labute approximate surface area is 59.8 Å². The van der Waals surface area contributed by atoms with Crippen LogP contribution in [0.3, 0.4) is 0 Å². The third-order valence-electron chi connectivity index (χ3n) is 1.48. The van der Waals surface area contributed by atoms with Crippen molar-refractivity contribution in [3.8, 4) is 0 Å². The first-order valence-electron chi connectivity index (χ1n) is 3.45. The highest BCUT2D eigenvalue weighted by molar-refractivity contribution is 5.75. The van der Waals surface area contributed by atoms with Gasteiger partial charge in [0, 0.05) is 6.54 Å². The molecule has 0 aliphatic carbocycles. The smallest absolute Gasteiger partial charge is 0.317 e. The largest absolute Gasteiger partial charge is 0.389 e. The number of β-amino-alcohol motifs (C(OH)–C–C–N with tert-alkyl or cyclic N) is 1. The van der Waals surface area contributed by atoms with Gasteiger partial charge in [-0.3, -0.25) is 0 Å². The minimum Gasteiger partial charge on any atom is -0.389 e. The van der Waals surface area contributed by atoms with Crippen molar-refractivity contribution >= 4 is 6.03 Å². The first-order valence-corrected chi connectivity index (χ1v) is 3.45. The highest BCUT2D eigenvalue weighted by Crippen LogP contribution is 2.05. The van der Waals surface area contributed by atoms with Crippen molar-refractivity contribution in [1.29, 1.82) is 0 Å². The number of hydrogen-bond donors (Lipinski definition) is 2. The van der Waals surface area contributed by atoms with Gasteiger partial charge in [0.05, 0.1) is 19.2 Å². The average Bonchev–Trinajstić information content (AvgIpc) is 1.82. The van der Waals surface area contributed by atoms with Crippen molar-refractivity contribution in [3.63, 3.8) is 0 Å². The second-order valence-corrected chi connectivity index (χ2v) is 2.39. The van der Waals surface area contributed by atoms with E-state index in [1.165, 1.54) is 0 Å². The average molecular weight is 144 g/mol. The number of urea groups is 1. The van der Waals surface area contributed by atoms with Crippen LogP contribution in [-0.2, 0) is 0 Å². The van der Waals surface area contributed by atoms with Gasteiger partial charge in [0.1, 0.15) is 0 Å². The molecule has 2 N–H and O–H groups in total. The number of amides is 2. The van der Waals surface area contributed by atoms with Crippen LogP contribution in [-0.4, -0.2) is 41.8 Å². The fourth-order valence-electron chi connectivity index (χ4n) is 0.884. The van der Waals surface area contributed by atoms with Gasteiger partial charge < -0.3 is 15.3 Å². The summed E-state index contributed by atoms with van der Waals surface area (Å²) in [5.41, 5.74) is 0. The first kappa shape index (κ1) is 7.34. The summed E-state index contributed by atoms with van der Waals surface area (Å²) in [4.78, 5) is 12.5. The number of aliphatic hydroxyl groups excluding tert-OH is 1. The number of aliphatic hydroxyl groups is 1. The van der Waals surface area contributed by atoms with E-state index < -0.39 is 0 Å². The number of nitrogens with one attached hydrogen (secondary N) is 1. The van der Waals surface area contributed by atoms with Gasteiger partial charge in [0.25, 0.3) is 0 Å². The Balaban J connectivity index is 2.18. The molecule has 1 aliphatic heterocycles. The highest BCUT2D eigenvalue weighted by Gasteiger charge is 2.27. The van der Waals surface area contributed by atoms with E-state index in [2.05, 4.69) is 5.32 Å². The summed E-state index contributed by atoms with van der Waals surface area (Å²) >= 11 is 0. The van der Waals surface area contributed by atoms with Crippen molar-refractivity contribution in [2.24, 2.45) is 0 Å². The standard InChI is InChI=1S/C6H12N2O2/c1-2-7-6(10)8-3-5(9)4-8/h5,9H,2-4H2,1H3,(H,7,10). The zero-order chi connectivity index (χ0) is 7.56. The minimum absolute atomic E-state index is 0.0761. The molecule has 4 heteroatoms. The first-order chi connectivity index (χ1) is 4.74. The van der Waals surface area contributed by atoms with Gasteiger partial charge in [0.15, 0.2) is 0 Å². The summed E-state index contributed by atoms with van der Waals surface area (Å²) in [6.45, 7) is 3.47. The molecule has 1 fully saturated rings. The molecule has 0 unspecified atom stereocenters. The number of carbonyl (C=O) groups is 1. The summed E-state index contributed by atoms with van der Waals surface area (Å²) < 4.78 is 0. The maximum Gasteiger partial charge on any atom is 0.317 e. The van der Waals surface area contributed by atoms with Gasteiger partial charge in [0.2, 0.25) is 0 Å². The van der Waals surface area contributed by atoms with Crippen molar-refractivity contribution < 1.29 is 9.90 Å². The van der Waals surface area contributed by atoms with Crippen molar-refractivity contribution in [2.75, 3.05) is 19.6 Å². The molecule has 2 amide bonds. The quantitative estimate of drug-likeness (QED) is 0.516. The molecule has 1 aliphatic rings. The Morgan fingerprint density at radius 1 is 1.80 bits per heavy atom. The van der Waals surface area contributed by atoms with Crippen molar-refractivity contribution in [2.45, 2.75) is 13.0 Å². The Bertz CT molecular complexity index is 132. The molecule has 0 atom stereocenters. The Morgan fingerprint density at radius 3 is 2.80 bits per heavy atom. The Morgan fingerprint density at radius 2 is 2.40 bits per heavy atom. The zero-order valence-electron chi connectivity index (χ0n) is 6.00. The summed E-state index contributed by atoms with van der Waals surface area (Å²) in [5, 5.41) is 11.5. The van der Waals surface area contributed by atoms with E-state index in [9.17, 15) is 4.79 Å². The molecular weight excluding hydrogens is 132 g/mol. The van der Waals surface area contributed by atoms with Crippen molar-refractivity contribution in [3.05, 3.63) is 0 Å². The molecule has 0 radical (unpaired) electrons. The van der Waals surface area contributed by atoms with Crippen molar-refractivity contribution in [1.82, 2.24) is 10.2 Å². The molecule has 10 heavy (non-hydrogen) atoms. The topological polar surface area (TPSA) is 52.6 Å². The number of carbonyl (C=O) groups excluding carboxylic acids is 1. The molecule has 0 aromatic carbocycles. The molecule has 1 saturated heterocycles. The third-order valence-corrected chi connectivity index (χ3v) is 1.48. The fourth-order valence-corrected chi connectivity index (χ4v) is 0.884. The predicted molar refractivity (Wildman–Crippen MR) is 36.7 cm³/mol. The lowest BCUT2D eigenvalue weighted by Gasteiger charge is -2.35. The van der Waals surface area contributed by atoms with Crippen LogP contribution in [0.25, 0.3) is 0 Å². The lowest BCUT2D eigenvalue weighted by molar-refractivity contribution is 0.0268. The summed E-state index contributed by atoms with van der Waals surface area (Å²) in [5.74, 6) is 0. The number of hydrogen-bond acceptors (Lipinski definition) is 2. The van der Waals surface area contributed by atoms with Crippen LogP contribution < -0.4 is 5.32 Å². The number of rotatable bonds is 1. The van der Waals surface area contributed by atoms with E-state index in [1.54, 1.807) is 4.90 Å². The minimum atomic E-state index is -0.303. The van der Waals surface area contributed by atoms with Gasteiger partial charge in [-0.1, -0.05) is 0 Å². The lowest BCUT2D eigenvalue weighted by atomic mass is 10.2. The zero-order valence-corrected chi connectivity index (χ0v) is 6.00. The van der Waals surface area contributed by atoms with E-state index in [-0.39, 0.29) is 12.1 Å². The van der Waals surface area contributed by atoms with Crippen LogP contribution in [0.5, 0.6) is 0 Å². The summed E-state index contributed by atoms with van der Waals surface area (Å²) in [6, 6.07) is -0.0761. The maximum absolute atomic E-state index is 10.9. The van der Waals surface area contributed by atoms with E-state index in [1.807, 2.05) is 6.92 Å². The molecule has 4 nitrogen and oxygen atoms in total. The van der Waals surface area contributed by atoms with Gasteiger partial charge in [-0.05, 0) is 6.92 Å².